The molecule has 0 saturated carbocycles. The predicted molar refractivity (Wildman–Crippen MR) is 67.0 cm³/mol. The Morgan fingerprint density at radius 1 is 1.43 bits per heavy atom. The molecule has 1 rings (SSSR count). The summed E-state index contributed by atoms with van der Waals surface area (Å²) in [6.45, 7) is 0.913. The summed E-state index contributed by atoms with van der Waals surface area (Å²) in [6.07, 6.45) is 0. The molecular formula is C10H15ClN2S. The molecule has 2 nitrogen and oxygen atoms in total. The zero-order chi connectivity index (χ0) is 9.84. The van der Waals surface area contributed by atoms with Crippen molar-refractivity contribution in [3.05, 3.63) is 35.4 Å². The highest BCUT2D eigenvalue weighted by molar-refractivity contribution is 7.80. The maximum atomic E-state index is 5.53. The van der Waals surface area contributed by atoms with Crippen molar-refractivity contribution in [3.63, 3.8) is 0 Å². The highest BCUT2D eigenvalue weighted by Gasteiger charge is 1.98. The van der Waals surface area contributed by atoms with Crippen molar-refractivity contribution in [1.82, 2.24) is 4.90 Å². The average molecular weight is 231 g/mol. The molecule has 0 saturated heterocycles. The first-order valence-electron chi connectivity index (χ1n) is 4.13. The van der Waals surface area contributed by atoms with Crippen LogP contribution in [0.25, 0.3) is 0 Å². The van der Waals surface area contributed by atoms with Crippen LogP contribution in [0.1, 0.15) is 11.1 Å². The van der Waals surface area contributed by atoms with Crippen molar-refractivity contribution in [2.75, 3.05) is 14.1 Å². The summed E-state index contributed by atoms with van der Waals surface area (Å²) in [5.41, 5.74) is 7.70. The Balaban J connectivity index is 0.00000169. The second kappa shape index (κ2) is 5.96. The molecule has 0 bridgehead atoms. The third-order valence-electron chi connectivity index (χ3n) is 1.71. The second-order valence-electron chi connectivity index (χ2n) is 3.30. The average Bonchev–Trinajstić information content (AvgIpc) is 2.03. The molecule has 14 heavy (non-hydrogen) atoms. The third kappa shape index (κ3) is 4.05. The van der Waals surface area contributed by atoms with Gasteiger partial charge in [0.2, 0.25) is 0 Å². The van der Waals surface area contributed by atoms with Gasteiger partial charge in [0.05, 0.1) is 0 Å². The lowest BCUT2D eigenvalue weighted by molar-refractivity contribution is 0.402. The van der Waals surface area contributed by atoms with Crippen LogP contribution in [0.4, 0.5) is 0 Å². The maximum Gasteiger partial charge on any atom is 0.103 e. The summed E-state index contributed by atoms with van der Waals surface area (Å²) < 4.78 is 0. The van der Waals surface area contributed by atoms with E-state index in [1.165, 1.54) is 5.56 Å². The first kappa shape index (κ1) is 13.4. The van der Waals surface area contributed by atoms with Gasteiger partial charge < -0.3 is 10.6 Å². The van der Waals surface area contributed by atoms with E-state index in [1.54, 1.807) is 0 Å². The third-order valence-corrected chi connectivity index (χ3v) is 1.95. The predicted octanol–water partition coefficient (Wildman–Crippen LogP) is 1.80. The molecule has 78 valence electrons. The van der Waals surface area contributed by atoms with Crippen molar-refractivity contribution < 1.29 is 0 Å². The number of nitrogens with two attached hydrogens (primary N) is 1. The van der Waals surface area contributed by atoms with Crippen LogP contribution in [0.3, 0.4) is 0 Å². The Morgan fingerprint density at radius 2 is 2.07 bits per heavy atom. The van der Waals surface area contributed by atoms with Gasteiger partial charge in [0.1, 0.15) is 4.99 Å². The molecule has 0 heterocycles. The molecule has 0 aliphatic carbocycles. The molecule has 0 atom stereocenters. The molecule has 0 amide bonds. The van der Waals surface area contributed by atoms with Gasteiger partial charge in [-0.05, 0) is 25.7 Å². The fraction of sp³-hybridized carbons (Fsp3) is 0.300. The van der Waals surface area contributed by atoms with E-state index in [0.29, 0.717) is 4.99 Å². The van der Waals surface area contributed by atoms with Crippen LogP contribution in [-0.4, -0.2) is 24.0 Å². The van der Waals surface area contributed by atoms with Crippen LogP contribution in [0.2, 0.25) is 0 Å². The number of rotatable bonds is 3. The highest BCUT2D eigenvalue weighted by atomic mass is 35.5. The summed E-state index contributed by atoms with van der Waals surface area (Å²) in [5, 5.41) is 0. The lowest BCUT2D eigenvalue weighted by Gasteiger charge is -2.10. The normalized spacial score (nSPS) is 9.64. The minimum Gasteiger partial charge on any atom is -0.389 e. The molecule has 0 aliphatic heterocycles. The molecule has 0 radical (unpaired) electrons. The molecule has 2 N–H and O–H groups in total. The van der Waals surface area contributed by atoms with E-state index in [1.807, 2.05) is 32.3 Å². The Morgan fingerprint density at radius 3 is 2.57 bits per heavy atom. The molecule has 0 aromatic heterocycles. The summed E-state index contributed by atoms with van der Waals surface area (Å²) in [4.78, 5) is 2.57. The van der Waals surface area contributed by atoms with Crippen LogP contribution in [0.5, 0.6) is 0 Å². The zero-order valence-electron chi connectivity index (χ0n) is 8.36. The van der Waals surface area contributed by atoms with Gasteiger partial charge in [-0.25, -0.2) is 0 Å². The van der Waals surface area contributed by atoms with Crippen molar-refractivity contribution in [1.29, 1.82) is 0 Å². The Labute approximate surface area is 96.5 Å². The van der Waals surface area contributed by atoms with Crippen LogP contribution in [0, 0.1) is 0 Å². The van der Waals surface area contributed by atoms with Gasteiger partial charge in [-0.15, -0.1) is 12.4 Å². The first-order valence-corrected chi connectivity index (χ1v) is 4.54. The van der Waals surface area contributed by atoms with E-state index in [0.717, 1.165) is 12.1 Å². The van der Waals surface area contributed by atoms with Gasteiger partial charge in [0.15, 0.2) is 0 Å². The van der Waals surface area contributed by atoms with Crippen molar-refractivity contribution in [3.8, 4) is 0 Å². The van der Waals surface area contributed by atoms with Gasteiger partial charge in [0.25, 0.3) is 0 Å². The van der Waals surface area contributed by atoms with Gasteiger partial charge in [-0.1, -0.05) is 30.4 Å². The van der Waals surface area contributed by atoms with Gasteiger partial charge in [-0.3, -0.25) is 0 Å². The van der Waals surface area contributed by atoms with Gasteiger partial charge in [-0.2, -0.15) is 0 Å². The number of hydrogen-bond donors (Lipinski definition) is 1. The van der Waals surface area contributed by atoms with Crippen LogP contribution in [-0.2, 0) is 6.54 Å². The lowest BCUT2D eigenvalue weighted by Crippen LogP contribution is -2.13. The summed E-state index contributed by atoms with van der Waals surface area (Å²) in [7, 11) is 4.07. The van der Waals surface area contributed by atoms with Gasteiger partial charge in [0, 0.05) is 12.1 Å². The summed E-state index contributed by atoms with van der Waals surface area (Å²) in [6, 6.07) is 8.01. The molecule has 0 fully saturated rings. The van der Waals surface area contributed by atoms with E-state index in [-0.39, 0.29) is 12.4 Å². The second-order valence-corrected chi connectivity index (χ2v) is 3.74. The fourth-order valence-electron chi connectivity index (χ4n) is 1.19. The van der Waals surface area contributed by atoms with E-state index >= 15 is 0 Å². The maximum absolute atomic E-state index is 5.53. The topological polar surface area (TPSA) is 29.3 Å². The van der Waals surface area contributed by atoms with Crippen molar-refractivity contribution >= 4 is 29.6 Å². The molecule has 1 aromatic rings. The Bertz CT molecular complexity index is 313. The molecule has 4 heteroatoms. The summed E-state index contributed by atoms with van der Waals surface area (Å²) in [5.74, 6) is 0. The summed E-state index contributed by atoms with van der Waals surface area (Å²) >= 11 is 4.90. The van der Waals surface area contributed by atoms with Crippen LogP contribution in [0.15, 0.2) is 24.3 Å². The van der Waals surface area contributed by atoms with E-state index in [4.69, 9.17) is 18.0 Å². The number of thiocarbonyl (C=S) groups is 1. The molecule has 0 unspecified atom stereocenters. The molecule has 1 aromatic carbocycles. The number of benzene rings is 1. The number of hydrogen-bond acceptors (Lipinski definition) is 2. The Kier molecular flexibility index (Phi) is 5.69. The number of halogens is 1. The highest BCUT2D eigenvalue weighted by Crippen LogP contribution is 2.06. The smallest absolute Gasteiger partial charge is 0.103 e. The minimum atomic E-state index is 0. The molecular weight excluding hydrogens is 216 g/mol. The van der Waals surface area contributed by atoms with Crippen molar-refractivity contribution in [2.45, 2.75) is 6.54 Å². The minimum absolute atomic E-state index is 0. The SMILES string of the molecule is CN(C)Cc1cccc(C(N)=S)c1.Cl. The van der Waals surface area contributed by atoms with E-state index < -0.39 is 0 Å². The monoisotopic (exact) mass is 230 g/mol. The quantitative estimate of drug-likeness (QED) is 0.804. The van der Waals surface area contributed by atoms with E-state index in [9.17, 15) is 0 Å². The first-order chi connectivity index (χ1) is 6.09. The Hall–Kier alpha value is -0.640. The van der Waals surface area contributed by atoms with Crippen molar-refractivity contribution in [2.24, 2.45) is 5.73 Å². The van der Waals surface area contributed by atoms with Gasteiger partial charge >= 0.3 is 0 Å². The van der Waals surface area contributed by atoms with Crippen LogP contribution < -0.4 is 5.73 Å². The van der Waals surface area contributed by atoms with E-state index in [2.05, 4.69) is 11.0 Å². The standard InChI is InChI=1S/C10H14N2S.ClH/c1-12(2)7-8-4-3-5-9(6-8)10(11)13;/h3-6H,7H2,1-2H3,(H2,11,13);1H. The lowest BCUT2D eigenvalue weighted by atomic mass is 10.1. The molecule has 0 spiro atoms. The fourth-order valence-corrected chi connectivity index (χ4v) is 1.32. The number of nitrogens with zero attached hydrogens (tertiary/aromatic N) is 1. The van der Waals surface area contributed by atoms with Crippen LogP contribution >= 0.6 is 24.6 Å². The zero-order valence-corrected chi connectivity index (χ0v) is 9.99. The largest absolute Gasteiger partial charge is 0.389 e. The molecule has 0 aliphatic rings.